The number of pyridine rings is 2. The molecular formula is C26H24ClFN8O. The number of aromatic nitrogens is 4. The molecule has 4 heterocycles. The number of nitrogens with one attached hydrogen (secondary N) is 1. The van der Waals surface area contributed by atoms with Crippen LogP contribution in [0.25, 0.3) is 11.1 Å². The number of morpholine rings is 1. The highest BCUT2D eigenvalue weighted by molar-refractivity contribution is 6.33. The van der Waals surface area contributed by atoms with Crippen molar-refractivity contribution in [3.05, 3.63) is 83.3 Å². The van der Waals surface area contributed by atoms with E-state index in [1.807, 2.05) is 48.4 Å². The highest BCUT2D eigenvalue weighted by Gasteiger charge is 2.17. The van der Waals surface area contributed by atoms with Crippen molar-refractivity contribution in [2.75, 3.05) is 36.5 Å². The number of anilines is 3. The molecule has 1 aliphatic rings. The Balaban J connectivity index is 1.23. The second-order valence-electron chi connectivity index (χ2n) is 8.40. The number of ether oxygens (including phenoxy) is 1. The molecular weight excluding hydrogens is 495 g/mol. The largest absolute Gasteiger partial charge is 0.378 e. The molecule has 1 fully saturated rings. The molecule has 3 aromatic heterocycles. The summed E-state index contributed by atoms with van der Waals surface area (Å²) in [6, 6.07) is 11.6. The Morgan fingerprint density at radius 2 is 1.95 bits per heavy atom. The first kappa shape index (κ1) is 24.7. The first-order valence-electron chi connectivity index (χ1n) is 11.7. The van der Waals surface area contributed by atoms with Gasteiger partial charge in [-0.1, -0.05) is 17.7 Å². The number of hydrogen-bond acceptors (Lipinski definition) is 9. The van der Waals surface area contributed by atoms with E-state index in [1.165, 1.54) is 0 Å². The van der Waals surface area contributed by atoms with Crippen molar-refractivity contribution >= 4 is 34.7 Å². The molecule has 1 aliphatic heterocycles. The summed E-state index contributed by atoms with van der Waals surface area (Å²) in [4.78, 5) is 18.6. The lowest BCUT2D eigenvalue weighted by Gasteiger charge is -2.27. The Morgan fingerprint density at radius 3 is 2.68 bits per heavy atom. The van der Waals surface area contributed by atoms with E-state index in [2.05, 4.69) is 41.5 Å². The van der Waals surface area contributed by atoms with Gasteiger partial charge in [-0.15, -0.1) is 5.11 Å². The van der Waals surface area contributed by atoms with Crippen LogP contribution in [0.5, 0.6) is 0 Å². The van der Waals surface area contributed by atoms with Gasteiger partial charge in [0.1, 0.15) is 6.54 Å². The average molecular weight is 519 g/mol. The normalized spacial score (nSPS) is 13.8. The van der Waals surface area contributed by atoms with Crippen LogP contribution in [0, 0.1) is 12.7 Å². The van der Waals surface area contributed by atoms with Gasteiger partial charge in [-0.25, -0.2) is 9.37 Å². The van der Waals surface area contributed by atoms with Crippen molar-refractivity contribution in [3.63, 3.8) is 0 Å². The molecule has 188 valence electrons. The van der Waals surface area contributed by atoms with Gasteiger partial charge in [-0.2, -0.15) is 10.1 Å². The van der Waals surface area contributed by atoms with Gasteiger partial charge in [-0.3, -0.25) is 9.97 Å². The van der Waals surface area contributed by atoms with Gasteiger partial charge in [0.2, 0.25) is 0 Å². The average Bonchev–Trinajstić information content (AvgIpc) is 2.93. The van der Waals surface area contributed by atoms with E-state index in [1.54, 1.807) is 12.4 Å². The molecule has 9 nitrogen and oxygen atoms in total. The minimum absolute atomic E-state index is 0.0982. The Kier molecular flexibility index (Phi) is 7.57. The van der Waals surface area contributed by atoms with E-state index in [4.69, 9.17) is 16.3 Å². The monoisotopic (exact) mass is 518 g/mol. The van der Waals surface area contributed by atoms with Gasteiger partial charge in [0, 0.05) is 31.0 Å². The molecule has 0 radical (unpaired) electrons. The summed E-state index contributed by atoms with van der Waals surface area (Å²) in [6.07, 6.45) is 6.37. The summed E-state index contributed by atoms with van der Waals surface area (Å²) in [5.74, 6) is -0.183. The summed E-state index contributed by atoms with van der Waals surface area (Å²) < 4.78 is 19.5. The third-order valence-electron chi connectivity index (χ3n) is 5.79. The van der Waals surface area contributed by atoms with Crippen LogP contribution in [0.2, 0.25) is 5.02 Å². The van der Waals surface area contributed by atoms with Crippen LogP contribution in [-0.4, -0.2) is 46.2 Å². The lowest BCUT2D eigenvalue weighted by molar-refractivity contribution is 0.122. The van der Waals surface area contributed by atoms with Crippen LogP contribution in [0.15, 0.2) is 71.4 Å². The standard InChI is InChI=1S/C26H24ClFN8O/c1-17-11-19(18-3-2-6-29-13-18)12-22(27)24(17)33-21-5-4-20(30-14-21)15-32-35-26-31-16-23(28)25(34-26)36-7-9-37-10-8-36/h2-6,11-14,16,33H,7-10,15H2,1H3. The number of azo groups is 1. The smallest absolute Gasteiger partial charge is 0.270 e. The molecule has 11 heteroatoms. The minimum atomic E-state index is -0.493. The van der Waals surface area contributed by atoms with E-state index in [0.29, 0.717) is 37.0 Å². The lowest BCUT2D eigenvalue weighted by Crippen LogP contribution is -2.37. The zero-order chi connectivity index (χ0) is 25.6. The van der Waals surface area contributed by atoms with Crippen LogP contribution in [0.1, 0.15) is 11.3 Å². The van der Waals surface area contributed by atoms with Crippen LogP contribution in [0.3, 0.4) is 0 Å². The highest BCUT2D eigenvalue weighted by Crippen LogP contribution is 2.34. The van der Waals surface area contributed by atoms with Crippen molar-refractivity contribution < 1.29 is 9.13 Å². The molecule has 0 aliphatic carbocycles. The van der Waals surface area contributed by atoms with E-state index in [9.17, 15) is 4.39 Å². The van der Waals surface area contributed by atoms with E-state index >= 15 is 0 Å². The Hall–Kier alpha value is -4.02. The SMILES string of the molecule is Cc1cc(-c2cccnc2)cc(Cl)c1Nc1ccc(CN=Nc2ncc(F)c(N3CCOCC3)n2)nc1. The second-order valence-corrected chi connectivity index (χ2v) is 8.80. The first-order chi connectivity index (χ1) is 18.1. The lowest BCUT2D eigenvalue weighted by atomic mass is 10.0. The maximum Gasteiger partial charge on any atom is 0.270 e. The maximum absolute atomic E-state index is 14.2. The Labute approximate surface area is 218 Å². The minimum Gasteiger partial charge on any atom is -0.378 e. The van der Waals surface area contributed by atoms with Crippen molar-refractivity contribution in [1.82, 2.24) is 19.9 Å². The van der Waals surface area contributed by atoms with Crippen LogP contribution >= 0.6 is 11.6 Å². The van der Waals surface area contributed by atoms with Gasteiger partial charge < -0.3 is 15.0 Å². The van der Waals surface area contributed by atoms with Gasteiger partial charge in [0.05, 0.1) is 47.7 Å². The zero-order valence-electron chi connectivity index (χ0n) is 20.1. The second kappa shape index (κ2) is 11.4. The fourth-order valence-corrected chi connectivity index (χ4v) is 4.22. The van der Waals surface area contributed by atoms with Crippen LogP contribution < -0.4 is 10.2 Å². The fraction of sp³-hybridized carbons (Fsp3) is 0.231. The van der Waals surface area contributed by atoms with Gasteiger partial charge in [-0.05, 0) is 48.4 Å². The first-order valence-corrected chi connectivity index (χ1v) is 12.1. The third kappa shape index (κ3) is 6.04. The van der Waals surface area contributed by atoms with Crippen molar-refractivity contribution in [2.45, 2.75) is 13.5 Å². The number of nitrogens with zero attached hydrogens (tertiary/aromatic N) is 7. The number of aryl methyl sites for hydroxylation is 1. The van der Waals surface area contributed by atoms with Gasteiger partial charge in [0.15, 0.2) is 11.6 Å². The van der Waals surface area contributed by atoms with Gasteiger partial charge in [0.25, 0.3) is 5.95 Å². The van der Waals surface area contributed by atoms with E-state index in [0.717, 1.165) is 34.3 Å². The van der Waals surface area contributed by atoms with E-state index < -0.39 is 5.82 Å². The predicted molar refractivity (Wildman–Crippen MR) is 140 cm³/mol. The Bertz CT molecular complexity index is 1370. The summed E-state index contributed by atoms with van der Waals surface area (Å²) in [5, 5.41) is 12.1. The molecule has 5 rings (SSSR count). The molecule has 1 saturated heterocycles. The summed E-state index contributed by atoms with van der Waals surface area (Å²) in [6.45, 7) is 4.41. The number of halogens is 2. The molecule has 0 saturated carbocycles. The fourth-order valence-electron chi connectivity index (χ4n) is 3.90. The molecule has 1 N–H and O–H groups in total. The molecule has 0 spiro atoms. The molecule has 1 aromatic carbocycles. The van der Waals surface area contributed by atoms with Crippen molar-refractivity contribution in [2.24, 2.45) is 10.2 Å². The van der Waals surface area contributed by atoms with Gasteiger partial charge >= 0.3 is 0 Å². The summed E-state index contributed by atoms with van der Waals surface area (Å²) in [7, 11) is 0. The molecule has 37 heavy (non-hydrogen) atoms. The molecule has 4 aromatic rings. The number of benzene rings is 1. The zero-order valence-corrected chi connectivity index (χ0v) is 20.9. The maximum atomic E-state index is 14.2. The van der Waals surface area contributed by atoms with Crippen molar-refractivity contribution in [1.29, 1.82) is 0 Å². The van der Waals surface area contributed by atoms with E-state index in [-0.39, 0.29) is 18.3 Å². The van der Waals surface area contributed by atoms with Crippen LogP contribution in [-0.2, 0) is 11.3 Å². The molecule has 0 unspecified atom stereocenters. The van der Waals surface area contributed by atoms with Crippen LogP contribution in [0.4, 0.5) is 27.5 Å². The topological polar surface area (TPSA) is 101 Å². The quantitative estimate of drug-likeness (QED) is 0.304. The molecule has 0 atom stereocenters. The predicted octanol–water partition coefficient (Wildman–Crippen LogP) is 5.90. The number of rotatable bonds is 7. The Morgan fingerprint density at radius 1 is 1.08 bits per heavy atom. The third-order valence-corrected chi connectivity index (χ3v) is 6.09. The highest BCUT2D eigenvalue weighted by atomic mass is 35.5. The van der Waals surface area contributed by atoms with Crippen molar-refractivity contribution in [3.8, 4) is 11.1 Å². The summed E-state index contributed by atoms with van der Waals surface area (Å²) in [5.41, 5.74) is 5.31. The molecule has 0 amide bonds. The summed E-state index contributed by atoms with van der Waals surface area (Å²) >= 11 is 6.59. The number of hydrogen-bond donors (Lipinski definition) is 1. The molecule has 0 bridgehead atoms.